The number of fused-ring (bicyclic) bond motifs is 1. The number of methoxy groups -OCH3 is 1. The predicted octanol–water partition coefficient (Wildman–Crippen LogP) is 3.92. The molecule has 0 aromatic heterocycles. The van der Waals surface area contributed by atoms with E-state index in [1.807, 2.05) is 30.3 Å². The summed E-state index contributed by atoms with van der Waals surface area (Å²) in [4.78, 5) is 12.2. The van der Waals surface area contributed by atoms with Gasteiger partial charge < -0.3 is 9.84 Å². The van der Waals surface area contributed by atoms with Crippen LogP contribution < -0.4 is 10.2 Å². The standard InChI is InChI=1S/C19H15IN2O3/c1-25-18-9-7-13(10-16(18)20)19(24)22-21-11-15-14-5-3-2-4-12(14)6-8-17(15)23/h2-11,23H,1H3,(H,22,24)/b21-11-. The number of nitrogens with one attached hydrogen (secondary N) is 1. The van der Waals surface area contributed by atoms with E-state index in [4.69, 9.17) is 4.74 Å². The zero-order valence-electron chi connectivity index (χ0n) is 13.4. The molecule has 0 unspecified atom stereocenters. The highest BCUT2D eigenvalue weighted by molar-refractivity contribution is 14.1. The second-order valence-corrected chi connectivity index (χ2v) is 6.43. The van der Waals surface area contributed by atoms with Crippen LogP contribution in [0.2, 0.25) is 0 Å². The Balaban J connectivity index is 1.81. The fraction of sp³-hybridized carbons (Fsp3) is 0.0526. The minimum Gasteiger partial charge on any atom is -0.507 e. The number of benzene rings is 3. The van der Waals surface area contributed by atoms with Crippen molar-refractivity contribution in [2.45, 2.75) is 0 Å². The smallest absolute Gasteiger partial charge is 0.271 e. The number of rotatable bonds is 4. The number of halogens is 1. The van der Waals surface area contributed by atoms with Crippen LogP contribution in [-0.2, 0) is 0 Å². The van der Waals surface area contributed by atoms with Gasteiger partial charge in [0.05, 0.1) is 16.9 Å². The van der Waals surface area contributed by atoms with E-state index in [9.17, 15) is 9.90 Å². The molecular formula is C19H15IN2O3. The van der Waals surface area contributed by atoms with Gasteiger partial charge in [0.15, 0.2) is 0 Å². The quantitative estimate of drug-likeness (QED) is 0.363. The molecule has 3 aromatic carbocycles. The lowest BCUT2D eigenvalue weighted by Crippen LogP contribution is -2.17. The van der Waals surface area contributed by atoms with E-state index in [0.29, 0.717) is 16.9 Å². The number of phenols is 1. The van der Waals surface area contributed by atoms with Gasteiger partial charge in [0.1, 0.15) is 11.5 Å². The van der Waals surface area contributed by atoms with Crippen molar-refractivity contribution in [2.24, 2.45) is 5.10 Å². The second-order valence-electron chi connectivity index (χ2n) is 5.27. The molecule has 6 heteroatoms. The molecule has 3 aromatic rings. The highest BCUT2D eigenvalue weighted by Crippen LogP contribution is 2.25. The molecular weight excluding hydrogens is 431 g/mol. The molecule has 0 aliphatic rings. The summed E-state index contributed by atoms with van der Waals surface area (Å²) in [5, 5.41) is 15.9. The van der Waals surface area contributed by atoms with Crippen LogP contribution in [0.5, 0.6) is 11.5 Å². The van der Waals surface area contributed by atoms with Gasteiger partial charge in [-0.25, -0.2) is 5.43 Å². The average molecular weight is 446 g/mol. The molecule has 25 heavy (non-hydrogen) atoms. The maximum absolute atomic E-state index is 12.2. The summed E-state index contributed by atoms with van der Waals surface area (Å²) in [6.45, 7) is 0. The van der Waals surface area contributed by atoms with Gasteiger partial charge in [0.2, 0.25) is 0 Å². The van der Waals surface area contributed by atoms with Gasteiger partial charge in [-0.2, -0.15) is 5.10 Å². The van der Waals surface area contributed by atoms with Crippen LogP contribution in [-0.4, -0.2) is 24.3 Å². The van der Waals surface area contributed by atoms with E-state index in [0.717, 1.165) is 14.3 Å². The first-order valence-electron chi connectivity index (χ1n) is 7.48. The highest BCUT2D eigenvalue weighted by atomic mass is 127. The molecule has 126 valence electrons. The third kappa shape index (κ3) is 3.74. The van der Waals surface area contributed by atoms with Gasteiger partial charge in [0.25, 0.3) is 5.91 Å². The van der Waals surface area contributed by atoms with Crippen molar-refractivity contribution in [1.29, 1.82) is 0 Å². The number of hydrogen-bond acceptors (Lipinski definition) is 4. The fourth-order valence-corrected chi connectivity index (χ4v) is 3.18. The first kappa shape index (κ1) is 17.2. The Labute approximate surface area is 158 Å². The number of ether oxygens (including phenoxy) is 1. The van der Waals surface area contributed by atoms with Gasteiger partial charge in [0, 0.05) is 11.1 Å². The minimum absolute atomic E-state index is 0.107. The van der Waals surface area contributed by atoms with Crippen molar-refractivity contribution < 1.29 is 14.6 Å². The van der Waals surface area contributed by atoms with Crippen molar-refractivity contribution in [2.75, 3.05) is 7.11 Å². The van der Waals surface area contributed by atoms with Crippen molar-refractivity contribution >= 4 is 45.5 Å². The molecule has 0 radical (unpaired) electrons. The van der Waals surface area contributed by atoms with Gasteiger partial charge in [-0.3, -0.25) is 4.79 Å². The molecule has 0 spiro atoms. The van der Waals surface area contributed by atoms with Gasteiger partial charge in [-0.15, -0.1) is 0 Å². The maximum Gasteiger partial charge on any atom is 0.271 e. The van der Waals surface area contributed by atoms with E-state index < -0.39 is 0 Å². The van der Waals surface area contributed by atoms with E-state index in [1.54, 1.807) is 31.4 Å². The number of carbonyl (C=O) groups is 1. The molecule has 5 nitrogen and oxygen atoms in total. The predicted molar refractivity (Wildman–Crippen MR) is 106 cm³/mol. The lowest BCUT2D eigenvalue weighted by Gasteiger charge is -2.06. The van der Waals surface area contributed by atoms with Crippen LogP contribution in [0.1, 0.15) is 15.9 Å². The number of nitrogens with zero attached hydrogens (tertiary/aromatic N) is 1. The number of hydrogen-bond donors (Lipinski definition) is 2. The highest BCUT2D eigenvalue weighted by Gasteiger charge is 2.08. The number of carbonyl (C=O) groups excluding carboxylic acids is 1. The molecule has 0 aliphatic carbocycles. The van der Waals surface area contributed by atoms with Gasteiger partial charge in [-0.05, 0) is 57.6 Å². The van der Waals surface area contributed by atoms with Crippen molar-refractivity contribution in [1.82, 2.24) is 5.43 Å². The van der Waals surface area contributed by atoms with Crippen LogP contribution in [0.4, 0.5) is 0 Å². The minimum atomic E-state index is -0.337. The van der Waals surface area contributed by atoms with Crippen LogP contribution in [0, 0.1) is 3.57 Å². The average Bonchev–Trinajstić information content (AvgIpc) is 2.63. The first-order chi connectivity index (χ1) is 12.1. The molecule has 0 saturated heterocycles. The zero-order chi connectivity index (χ0) is 17.8. The number of hydrazone groups is 1. The zero-order valence-corrected chi connectivity index (χ0v) is 15.5. The van der Waals surface area contributed by atoms with Crippen LogP contribution in [0.15, 0.2) is 59.7 Å². The number of aromatic hydroxyl groups is 1. The molecule has 1 amide bonds. The Hall–Kier alpha value is -2.61. The first-order valence-corrected chi connectivity index (χ1v) is 8.55. The Bertz CT molecular complexity index is 970. The monoisotopic (exact) mass is 446 g/mol. The Kier molecular flexibility index (Phi) is 5.18. The fourth-order valence-electron chi connectivity index (χ4n) is 2.45. The van der Waals surface area contributed by atoms with Crippen molar-refractivity contribution in [3.05, 3.63) is 69.3 Å². The molecule has 0 fully saturated rings. The van der Waals surface area contributed by atoms with E-state index >= 15 is 0 Å². The Morgan fingerprint density at radius 1 is 1.20 bits per heavy atom. The summed E-state index contributed by atoms with van der Waals surface area (Å²) in [7, 11) is 1.58. The lowest BCUT2D eigenvalue weighted by atomic mass is 10.0. The summed E-state index contributed by atoms with van der Waals surface area (Å²) in [6.07, 6.45) is 1.45. The summed E-state index contributed by atoms with van der Waals surface area (Å²) >= 11 is 2.10. The molecule has 0 heterocycles. The lowest BCUT2D eigenvalue weighted by molar-refractivity contribution is 0.0955. The summed E-state index contributed by atoms with van der Waals surface area (Å²) < 4.78 is 6.01. The second kappa shape index (κ2) is 7.52. The maximum atomic E-state index is 12.2. The molecule has 0 aliphatic heterocycles. The van der Waals surface area contributed by atoms with Crippen molar-refractivity contribution in [3.8, 4) is 11.5 Å². The van der Waals surface area contributed by atoms with E-state index in [-0.39, 0.29) is 11.7 Å². The normalized spacial score (nSPS) is 11.0. The van der Waals surface area contributed by atoms with Crippen LogP contribution in [0.3, 0.4) is 0 Å². The van der Waals surface area contributed by atoms with Crippen LogP contribution in [0.25, 0.3) is 10.8 Å². The Morgan fingerprint density at radius 2 is 2.00 bits per heavy atom. The third-order valence-electron chi connectivity index (χ3n) is 3.72. The summed E-state index contributed by atoms with van der Waals surface area (Å²) in [6, 6.07) is 16.2. The van der Waals surface area contributed by atoms with Crippen molar-refractivity contribution in [3.63, 3.8) is 0 Å². The number of phenolic OH excluding ortho intramolecular Hbond substituents is 1. The topological polar surface area (TPSA) is 70.9 Å². The van der Waals surface area contributed by atoms with Gasteiger partial charge in [-0.1, -0.05) is 30.3 Å². The van der Waals surface area contributed by atoms with E-state index in [2.05, 4.69) is 33.1 Å². The SMILES string of the molecule is COc1ccc(C(=O)N/N=C\c2c(O)ccc3ccccc23)cc1I. The third-order valence-corrected chi connectivity index (χ3v) is 4.56. The molecule has 0 bridgehead atoms. The molecule has 2 N–H and O–H groups in total. The largest absolute Gasteiger partial charge is 0.507 e. The molecule has 3 rings (SSSR count). The molecule has 0 saturated carbocycles. The number of amides is 1. The Morgan fingerprint density at radius 3 is 2.76 bits per heavy atom. The summed E-state index contributed by atoms with van der Waals surface area (Å²) in [5.41, 5.74) is 3.51. The van der Waals surface area contributed by atoms with E-state index in [1.165, 1.54) is 6.21 Å². The van der Waals surface area contributed by atoms with Crippen LogP contribution >= 0.6 is 22.6 Å². The van der Waals surface area contributed by atoms with Gasteiger partial charge >= 0.3 is 0 Å². The summed E-state index contributed by atoms with van der Waals surface area (Å²) in [5.74, 6) is 0.480. The molecule has 0 atom stereocenters.